The Morgan fingerprint density at radius 1 is 1.33 bits per heavy atom. The molecule has 2 aromatic rings. The molecule has 8 heteroatoms. The molecule has 128 valence electrons. The molecule has 0 saturated carbocycles. The van der Waals surface area contributed by atoms with Crippen LogP contribution in [-0.2, 0) is 16.8 Å². The highest BCUT2D eigenvalue weighted by molar-refractivity contribution is 5.74. The monoisotopic (exact) mass is 330 g/mol. The molecule has 0 aromatic carbocycles. The van der Waals surface area contributed by atoms with E-state index in [0.717, 1.165) is 30.3 Å². The van der Waals surface area contributed by atoms with Gasteiger partial charge in [0.2, 0.25) is 5.91 Å². The lowest BCUT2D eigenvalue weighted by atomic mass is 9.98. The van der Waals surface area contributed by atoms with Crippen LogP contribution in [0.25, 0.3) is 0 Å². The number of anilines is 1. The van der Waals surface area contributed by atoms with Gasteiger partial charge < -0.3 is 14.7 Å². The van der Waals surface area contributed by atoms with Crippen molar-refractivity contribution in [3.8, 4) is 0 Å². The molecule has 3 heterocycles. The van der Waals surface area contributed by atoms with E-state index < -0.39 is 5.54 Å². The first-order chi connectivity index (χ1) is 11.4. The second-order valence-corrected chi connectivity index (χ2v) is 6.20. The van der Waals surface area contributed by atoms with Crippen molar-refractivity contribution in [3.05, 3.63) is 29.3 Å². The third kappa shape index (κ3) is 3.08. The van der Waals surface area contributed by atoms with Crippen LogP contribution >= 0.6 is 0 Å². The first-order valence-corrected chi connectivity index (χ1v) is 8.11. The van der Waals surface area contributed by atoms with Gasteiger partial charge in [0.25, 0.3) is 5.89 Å². The summed E-state index contributed by atoms with van der Waals surface area (Å²) < 4.78 is 5.37. The summed E-state index contributed by atoms with van der Waals surface area (Å²) in [5.74, 6) is 2.48. The van der Waals surface area contributed by atoms with Crippen LogP contribution < -0.4 is 10.2 Å². The minimum absolute atomic E-state index is 0.124. The Kier molecular flexibility index (Phi) is 4.21. The van der Waals surface area contributed by atoms with E-state index in [0.29, 0.717) is 24.7 Å². The first-order valence-electron chi connectivity index (χ1n) is 8.11. The van der Waals surface area contributed by atoms with Gasteiger partial charge in [-0.2, -0.15) is 4.98 Å². The number of rotatable bonds is 4. The fraction of sp³-hybridized carbons (Fsp3) is 0.562. The summed E-state index contributed by atoms with van der Waals surface area (Å²) in [7, 11) is 0. The zero-order chi connectivity index (χ0) is 17.3. The van der Waals surface area contributed by atoms with Gasteiger partial charge in [-0.3, -0.25) is 4.79 Å². The van der Waals surface area contributed by atoms with Gasteiger partial charge in [0.15, 0.2) is 5.82 Å². The third-order valence-corrected chi connectivity index (χ3v) is 4.19. The Hall–Kier alpha value is -2.51. The lowest BCUT2D eigenvalue weighted by Crippen LogP contribution is -2.47. The van der Waals surface area contributed by atoms with Gasteiger partial charge in [0.1, 0.15) is 17.2 Å². The van der Waals surface area contributed by atoms with Gasteiger partial charge >= 0.3 is 0 Å². The van der Waals surface area contributed by atoms with Gasteiger partial charge in [-0.25, -0.2) is 9.97 Å². The highest BCUT2D eigenvalue weighted by atomic mass is 16.5. The zero-order valence-electron chi connectivity index (χ0n) is 14.5. The fourth-order valence-corrected chi connectivity index (χ4v) is 3.12. The first kappa shape index (κ1) is 16.4. The smallest absolute Gasteiger partial charge is 0.254 e. The maximum atomic E-state index is 11.7. The molecule has 1 fully saturated rings. The van der Waals surface area contributed by atoms with E-state index in [1.165, 1.54) is 6.92 Å². The lowest BCUT2D eigenvalue weighted by molar-refractivity contribution is -0.121. The molecule has 2 aromatic heterocycles. The Labute approximate surface area is 140 Å². The van der Waals surface area contributed by atoms with E-state index in [1.54, 1.807) is 6.92 Å². The second kappa shape index (κ2) is 6.18. The number of aromatic nitrogens is 4. The average Bonchev–Trinajstić information content (AvgIpc) is 3.13. The molecular weight excluding hydrogens is 308 g/mol. The van der Waals surface area contributed by atoms with Crippen molar-refractivity contribution >= 4 is 11.7 Å². The van der Waals surface area contributed by atoms with Crippen LogP contribution in [-0.4, -0.2) is 39.1 Å². The van der Waals surface area contributed by atoms with E-state index >= 15 is 0 Å². The van der Waals surface area contributed by atoms with Gasteiger partial charge in [0.05, 0.1) is 6.54 Å². The van der Waals surface area contributed by atoms with Crippen molar-refractivity contribution in [3.63, 3.8) is 0 Å². The van der Waals surface area contributed by atoms with Crippen LogP contribution in [0.2, 0.25) is 0 Å². The molecule has 0 aliphatic carbocycles. The molecule has 1 aliphatic heterocycles. The summed E-state index contributed by atoms with van der Waals surface area (Å²) in [6, 6.07) is 2.00. The number of carbonyl (C=O) groups excluding carboxylic acids is 1. The van der Waals surface area contributed by atoms with Crippen molar-refractivity contribution in [1.29, 1.82) is 0 Å². The van der Waals surface area contributed by atoms with Gasteiger partial charge in [-0.15, -0.1) is 0 Å². The van der Waals surface area contributed by atoms with Gasteiger partial charge in [-0.05, 0) is 26.7 Å². The summed E-state index contributed by atoms with van der Waals surface area (Å²) >= 11 is 0. The van der Waals surface area contributed by atoms with Crippen LogP contribution in [0.15, 0.2) is 10.6 Å². The fourth-order valence-electron chi connectivity index (χ4n) is 3.12. The van der Waals surface area contributed by atoms with Crippen molar-refractivity contribution in [1.82, 2.24) is 25.4 Å². The molecule has 8 nitrogen and oxygen atoms in total. The summed E-state index contributed by atoms with van der Waals surface area (Å²) in [6.45, 7) is 8.49. The summed E-state index contributed by atoms with van der Waals surface area (Å²) in [5.41, 5.74) is 0.321. The topological polar surface area (TPSA) is 97.0 Å². The van der Waals surface area contributed by atoms with Crippen molar-refractivity contribution in [2.45, 2.75) is 46.1 Å². The molecule has 1 unspecified atom stereocenters. The highest BCUT2D eigenvalue weighted by Gasteiger charge is 2.45. The van der Waals surface area contributed by atoms with Crippen LogP contribution in [0.3, 0.4) is 0 Å². The Balaban J connectivity index is 1.92. The normalized spacial score (nSPS) is 20.4. The zero-order valence-corrected chi connectivity index (χ0v) is 14.5. The van der Waals surface area contributed by atoms with Crippen molar-refractivity contribution in [2.75, 3.05) is 18.0 Å². The van der Waals surface area contributed by atoms with Crippen molar-refractivity contribution < 1.29 is 9.32 Å². The average molecular weight is 330 g/mol. The number of carbonyl (C=O) groups is 1. The molecule has 1 aliphatic rings. The Morgan fingerprint density at radius 3 is 2.75 bits per heavy atom. The Bertz CT molecular complexity index is 759. The van der Waals surface area contributed by atoms with Crippen molar-refractivity contribution in [2.24, 2.45) is 0 Å². The largest absolute Gasteiger partial charge is 0.353 e. The number of hydrogen-bond acceptors (Lipinski definition) is 7. The number of amides is 1. The quantitative estimate of drug-likeness (QED) is 0.902. The van der Waals surface area contributed by atoms with Gasteiger partial charge in [-0.1, -0.05) is 12.1 Å². The summed E-state index contributed by atoms with van der Waals surface area (Å²) in [6.07, 6.45) is 1.53. The number of nitrogens with zero attached hydrogens (tertiary/aromatic N) is 5. The lowest BCUT2D eigenvalue weighted by Gasteiger charge is -2.26. The molecule has 1 amide bonds. The SMILES string of the molecule is CCc1cc(N2CCC(NC(C)=O)(c3nc(C)no3)C2)nc(C)n1. The molecule has 0 bridgehead atoms. The highest BCUT2D eigenvalue weighted by Crippen LogP contribution is 2.33. The predicted molar refractivity (Wildman–Crippen MR) is 87.5 cm³/mol. The minimum atomic E-state index is -0.682. The minimum Gasteiger partial charge on any atom is -0.353 e. The summed E-state index contributed by atoms with van der Waals surface area (Å²) in [4.78, 5) is 27.2. The van der Waals surface area contributed by atoms with Crippen LogP contribution in [0.5, 0.6) is 0 Å². The summed E-state index contributed by atoms with van der Waals surface area (Å²) in [5, 5.41) is 6.88. The standard InChI is InChI=1S/C16H22N6O2/c1-5-13-8-14(18-10(2)17-13)22-7-6-16(9-22,20-12(4)23)15-19-11(3)21-24-15/h8H,5-7,9H2,1-4H3,(H,20,23). The molecule has 0 radical (unpaired) electrons. The van der Waals surface area contributed by atoms with Gasteiger partial charge in [0, 0.05) is 25.2 Å². The molecular formula is C16H22N6O2. The maximum Gasteiger partial charge on any atom is 0.254 e. The number of hydrogen-bond donors (Lipinski definition) is 1. The number of nitrogens with one attached hydrogen (secondary N) is 1. The second-order valence-electron chi connectivity index (χ2n) is 6.20. The third-order valence-electron chi connectivity index (χ3n) is 4.19. The molecule has 0 spiro atoms. The van der Waals surface area contributed by atoms with Crippen LogP contribution in [0.1, 0.15) is 43.5 Å². The molecule has 1 atom stereocenters. The van der Waals surface area contributed by atoms with Crippen LogP contribution in [0, 0.1) is 13.8 Å². The van der Waals surface area contributed by atoms with E-state index in [-0.39, 0.29) is 5.91 Å². The van der Waals surface area contributed by atoms with E-state index in [4.69, 9.17) is 4.52 Å². The maximum absolute atomic E-state index is 11.7. The van der Waals surface area contributed by atoms with E-state index in [1.807, 2.05) is 13.0 Å². The molecule has 1 saturated heterocycles. The Morgan fingerprint density at radius 2 is 2.12 bits per heavy atom. The van der Waals surface area contributed by atoms with E-state index in [9.17, 15) is 4.79 Å². The molecule has 1 N–H and O–H groups in total. The molecule has 3 rings (SSSR count). The predicted octanol–water partition coefficient (Wildman–Crippen LogP) is 1.28. The number of aryl methyl sites for hydroxylation is 3. The molecule has 24 heavy (non-hydrogen) atoms. The van der Waals surface area contributed by atoms with E-state index in [2.05, 4.69) is 37.2 Å². The van der Waals surface area contributed by atoms with Crippen LogP contribution in [0.4, 0.5) is 5.82 Å².